The summed E-state index contributed by atoms with van der Waals surface area (Å²) in [6.45, 7) is 0. The molecule has 5 rings (SSSR count). The molecule has 1 N–H and O–H groups in total. The van der Waals surface area contributed by atoms with Crippen molar-refractivity contribution >= 4 is 49.7 Å². The molecule has 4 aromatic carbocycles. The molecule has 0 bridgehead atoms. The van der Waals surface area contributed by atoms with Crippen molar-refractivity contribution in [1.82, 2.24) is 9.97 Å². The van der Waals surface area contributed by atoms with E-state index >= 15 is 0 Å². The van der Waals surface area contributed by atoms with Crippen LogP contribution in [0.1, 0.15) is 5.69 Å². The van der Waals surface area contributed by atoms with Crippen LogP contribution in [0.2, 0.25) is 5.02 Å². The summed E-state index contributed by atoms with van der Waals surface area (Å²) in [6, 6.07) is 26.9. The Morgan fingerprint density at radius 3 is 2.16 bits per heavy atom. The average Bonchev–Trinajstić information content (AvgIpc) is 2.89. The zero-order valence-corrected chi connectivity index (χ0v) is 20.8. The first-order valence-electron chi connectivity index (χ1n) is 11.1. The number of halogens is 1. The van der Waals surface area contributed by atoms with Crippen LogP contribution < -0.4 is 5.32 Å². The Morgan fingerprint density at radius 1 is 0.811 bits per heavy atom. The number of hydrogen-bond donors (Lipinski definition) is 1. The van der Waals surface area contributed by atoms with Crippen molar-refractivity contribution in [1.29, 1.82) is 0 Å². The number of rotatable bonds is 7. The lowest BCUT2D eigenvalue weighted by atomic mass is 10.0. The second-order valence-corrected chi connectivity index (χ2v) is 10.7. The molecule has 0 saturated carbocycles. The van der Waals surface area contributed by atoms with Crippen molar-refractivity contribution in [2.24, 2.45) is 0 Å². The smallest absolute Gasteiger partial charge is 0.269 e. The molecule has 0 unspecified atom stereocenters. The predicted octanol–water partition coefficient (Wildman–Crippen LogP) is 6.58. The van der Waals surface area contributed by atoms with Crippen LogP contribution in [0.15, 0.2) is 102 Å². The van der Waals surface area contributed by atoms with Gasteiger partial charge in [-0.05, 0) is 71.8 Å². The molecule has 184 valence electrons. The lowest BCUT2D eigenvalue weighted by molar-refractivity contribution is -0.384. The summed E-state index contributed by atoms with van der Waals surface area (Å²) in [4.78, 5) is 19.9. The highest BCUT2D eigenvalue weighted by Gasteiger charge is 2.20. The second-order valence-electron chi connectivity index (χ2n) is 8.23. The number of nitrogens with zero attached hydrogens (tertiary/aromatic N) is 3. The first kappa shape index (κ1) is 24.4. The molecular formula is C27H19ClN4O4S. The van der Waals surface area contributed by atoms with Crippen molar-refractivity contribution in [3.05, 3.63) is 118 Å². The van der Waals surface area contributed by atoms with Crippen LogP contribution in [-0.2, 0) is 15.6 Å². The maximum absolute atomic E-state index is 13.2. The quantitative estimate of drug-likeness (QED) is 0.187. The highest BCUT2D eigenvalue weighted by atomic mass is 35.5. The molecule has 0 aliphatic rings. The number of non-ortho nitro benzene ring substituents is 1. The lowest BCUT2D eigenvalue weighted by Gasteiger charge is -2.13. The Labute approximate surface area is 217 Å². The maximum atomic E-state index is 13.2. The fourth-order valence-electron chi connectivity index (χ4n) is 3.83. The number of hydrogen-bond acceptors (Lipinski definition) is 7. The molecule has 0 radical (unpaired) electrons. The summed E-state index contributed by atoms with van der Waals surface area (Å²) in [5.74, 6) is -0.0475. The van der Waals surface area contributed by atoms with Crippen LogP contribution in [-0.4, -0.2) is 23.3 Å². The van der Waals surface area contributed by atoms with Crippen molar-refractivity contribution < 1.29 is 13.3 Å². The third-order valence-electron chi connectivity index (χ3n) is 5.68. The highest BCUT2D eigenvalue weighted by Crippen LogP contribution is 2.29. The van der Waals surface area contributed by atoms with Crippen LogP contribution in [0.25, 0.3) is 22.2 Å². The van der Waals surface area contributed by atoms with Gasteiger partial charge in [0, 0.05) is 22.8 Å². The van der Waals surface area contributed by atoms with Gasteiger partial charge in [0.2, 0.25) is 0 Å². The number of benzene rings is 4. The van der Waals surface area contributed by atoms with E-state index in [0.717, 1.165) is 11.1 Å². The molecule has 0 amide bonds. The van der Waals surface area contributed by atoms with Gasteiger partial charge in [-0.3, -0.25) is 10.1 Å². The van der Waals surface area contributed by atoms with Gasteiger partial charge in [-0.1, -0.05) is 35.9 Å². The van der Waals surface area contributed by atoms with Gasteiger partial charge in [-0.2, -0.15) is 0 Å². The molecule has 0 atom stereocenters. The number of nitro benzene ring substituents is 1. The standard InChI is InChI=1S/C27H19ClN4O4S/c28-20-10-14-23(15-11-20)37(35,36)17-26-27(31-25-7-2-1-6-24(25)30-26)29-21-5-3-4-19(16-21)18-8-12-22(13-9-18)32(33)34/h1-16H,17H2,(H,29,31). The lowest BCUT2D eigenvalue weighted by Crippen LogP contribution is -2.10. The van der Waals surface area contributed by atoms with E-state index in [0.29, 0.717) is 27.6 Å². The van der Waals surface area contributed by atoms with E-state index < -0.39 is 14.8 Å². The van der Waals surface area contributed by atoms with Gasteiger partial charge in [0.15, 0.2) is 15.7 Å². The maximum Gasteiger partial charge on any atom is 0.269 e. The number of para-hydroxylation sites is 2. The predicted molar refractivity (Wildman–Crippen MR) is 144 cm³/mol. The molecule has 0 saturated heterocycles. The minimum absolute atomic E-state index is 0.0102. The van der Waals surface area contributed by atoms with Crippen molar-refractivity contribution in [2.75, 3.05) is 5.32 Å². The molecule has 0 spiro atoms. The summed E-state index contributed by atoms with van der Waals surface area (Å²) in [7, 11) is -3.73. The van der Waals surface area contributed by atoms with Crippen LogP contribution in [0, 0.1) is 10.1 Å². The van der Waals surface area contributed by atoms with Gasteiger partial charge in [0.05, 0.1) is 26.5 Å². The Morgan fingerprint density at radius 2 is 1.49 bits per heavy atom. The monoisotopic (exact) mass is 530 g/mol. The summed E-state index contributed by atoms with van der Waals surface area (Å²) in [5.41, 5.74) is 3.75. The van der Waals surface area contributed by atoms with Crippen molar-refractivity contribution in [3.63, 3.8) is 0 Å². The SMILES string of the molecule is O=[N+]([O-])c1ccc(-c2cccc(Nc3nc4ccccc4nc3CS(=O)(=O)c3ccc(Cl)cc3)c2)cc1. The van der Waals surface area contributed by atoms with Crippen molar-refractivity contribution in [3.8, 4) is 11.1 Å². The molecule has 0 aliphatic heterocycles. The van der Waals surface area contributed by atoms with Crippen LogP contribution in [0.4, 0.5) is 17.2 Å². The Kier molecular flexibility index (Phi) is 6.56. The summed E-state index contributed by atoms with van der Waals surface area (Å²) in [5, 5.41) is 14.6. The zero-order chi connectivity index (χ0) is 26.0. The Bertz CT molecular complexity index is 1720. The van der Waals surface area contributed by atoms with E-state index in [1.807, 2.05) is 36.4 Å². The molecule has 1 heterocycles. The molecule has 0 fully saturated rings. The third-order valence-corrected chi connectivity index (χ3v) is 7.57. The van der Waals surface area contributed by atoms with Gasteiger partial charge in [-0.15, -0.1) is 0 Å². The fraction of sp³-hybridized carbons (Fsp3) is 0.0370. The van der Waals surface area contributed by atoms with Crippen LogP contribution >= 0.6 is 11.6 Å². The minimum Gasteiger partial charge on any atom is -0.339 e. The van der Waals surface area contributed by atoms with E-state index in [-0.39, 0.29) is 22.0 Å². The molecule has 5 aromatic rings. The number of nitrogens with one attached hydrogen (secondary N) is 1. The van der Waals surface area contributed by atoms with E-state index in [4.69, 9.17) is 11.6 Å². The summed E-state index contributed by atoms with van der Waals surface area (Å²) >= 11 is 5.92. The molecule has 37 heavy (non-hydrogen) atoms. The first-order valence-corrected chi connectivity index (χ1v) is 13.2. The normalized spacial score (nSPS) is 11.4. The van der Waals surface area contributed by atoms with Crippen LogP contribution in [0.3, 0.4) is 0 Å². The van der Waals surface area contributed by atoms with Gasteiger partial charge < -0.3 is 5.32 Å². The molecule has 1 aromatic heterocycles. The number of aromatic nitrogens is 2. The number of fused-ring (bicyclic) bond motifs is 1. The largest absolute Gasteiger partial charge is 0.339 e. The topological polar surface area (TPSA) is 115 Å². The molecule has 8 nitrogen and oxygen atoms in total. The fourth-order valence-corrected chi connectivity index (χ4v) is 5.24. The van der Waals surface area contributed by atoms with E-state index in [2.05, 4.69) is 15.3 Å². The van der Waals surface area contributed by atoms with E-state index in [1.165, 1.54) is 36.4 Å². The number of anilines is 2. The minimum atomic E-state index is -3.73. The van der Waals surface area contributed by atoms with E-state index in [1.54, 1.807) is 24.3 Å². The molecular weight excluding hydrogens is 512 g/mol. The van der Waals surface area contributed by atoms with Gasteiger partial charge in [-0.25, -0.2) is 18.4 Å². The van der Waals surface area contributed by atoms with Crippen LogP contribution in [0.5, 0.6) is 0 Å². The third kappa shape index (κ3) is 5.42. The van der Waals surface area contributed by atoms with Crippen molar-refractivity contribution in [2.45, 2.75) is 10.6 Å². The zero-order valence-electron chi connectivity index (χ0n) is 19.2. The highest BCUT2D eigenvalue weighted by molar-refractivity contribution is 7.90. The summed E-state index contributed by atoms with van der Waals surface area (Å²) in [6.07, 6.45) is 0. The second kappa shape index (κ2) is 9.96. The van der Waals surface area contributed by atoms with E-state index in [9.17, 15) is 18.5 Å². The first-order chi connectivity index (χ1) is 17.8. The summed E-state index contributed by atoms with van der Waals surface area (Å²) < 4.78 is 26.4. The average molecular weight is 531 g/mol. The Hall–Kier alpha value is -4.34. The van der Waals surface area contributed by atoms with Gasteiger partial charge >= 0.3 is 0 Å². The molecule has 0 aliphatic carbocycles. The number of sulfone groups is 1. The number of nitro groups is 1. The Balaban J connectivity index is 1.51. The van der Waals surface area contributed by atoms with Gasteiger partial charge in [0.1, 0.15) is 5.75 Å². The molecule has 10 heteroatoms. The van der Waals surface area contributed by atoms with Gasteiger partial charge in [0.25, 0.3) is 5.69 Å².